The Bertz CT molecular complexity index is 895. The highest BCUT2D eigenvalue weighted by Crippen LogP contribution is 2.40. The second kappa shape index (κ2) is 3.62. The molecule has 1 aliphatic carbocycles. The van der Waals surface area contributed by atoms with Crippen molar-refractivity contribution in [1.82, 2.24) is 14.4 Å². The van der Waals surface area contributed by atoms with E-state index in [0.717, 1.165) is 22.5 Å². The van der Waals surface area contributed by atoms with Gasteiger partial charge in [0.2, 0.25) is 5.65 Å². The summed E-state index contributed by atoms with van der Waals surface area (Å²) in [6.45, 7) is 0. The molecule has 0 fully saturated rings. The SMILES string of the molecule is O=c1[nH]c2c(n3ccnc13)Cc1c(Cl)cc(Cl)cc1-2. The van der Waals surface area contributed by atoms with Crippen LogP contribution in [0.5, 0.6) is 0 Å². The molecule has 0 bridgehead atoms. The monoisotopic (exact) mass is 291 g/mol. The third-order valence-corrected chi connectivity index (χ3v) is 3.99. The van der Waals surface area contributed by atoms with E-state index in [2.05, 4.69) is 9.97 Å². The molecule has 0 atom stereocenters. The van der Waals surface area contributed by atoms with Crippen LogP contribution < -0.4 is 5.56 Å². The molecule has 0 saturated heterocycles. The van der Waals surface area contributed by atoms with E-state index in [1.807, 2.05) is 6.07 Å². The molecule has 0 spiro atoms. The number of hydrogen-bond donors (Lipinski definition) is 1. The van der Waals surface area contributed by atoms with E-state index in [9.17, 15) is 4.79 Å². The zero-order chi connectivity index (χ0) is 13.1. The molecule has 4 nitrogen and oxygen atoms in total. The Morgan fingerprint density at radius 1 is 1.32 bits per heavy atom. The van der Waals surface area contributed by atoms with Crippen LogP contribution in [-0.2, 0) is 6.42 Å². The second-order valence-corrected chi connectivity index (χ2v) is 5.33. The van der Waals surface area contributed by atoms with E-state index in [0.29, 0.717) is 22.1 Å². The van der Waals surface area contributed by atoms with Crippen molar-refractivity contribution < 1.29 is 0 Å². The van der Waals surface area contributed by atoms with E-state index < -0.39 is 0 Å². The maximum Gasteiger partial charge on any atom is 0.292 e. The van der Waals surface area contributed by atoms with Crippen molar-refractivity contribution in [2.24, 2.45) is 0 Å². The van der Waals surface area contributed by atoms with Gasteiger partial charge < -0.3 is 4.98 Å². The zero-order valence-corrected chi connectivity index (χ0v) is 11.1. The molecule has 1 aliphatic rings. The van der Waals surface area contributed by atoms with Crippen LogP contribution in [0.1, 0.15) is 11.3 Å². The van der Waals surface area contributed by atoms with Gasteiger partial charge in [0, 0.05) is 34.4 Å². The highest BCUT2D eigenvalue weighted by Gasteiger charge is 2.25. The van der Waals surface area contributed by atoms with Crippen molar-refractivity contribution in [2.45, 2.75) is 6.42 Å². The van der Waals surface area contributed by atoms with Crippen molar-refractivity contribution in [1.29, 1.82) is 0 Å². The topological polar surface area (TPSA) is 50.2 Å². The van der Waals surface area contributed by atoms with Gasteiger partial charge >= 0.3 is 0 Å². The van der Waals surface area contributed by atoms with Crippen molar-refractivity contribution in [2.75, 3.05) is 0 Å². The van der Waals surface area contributed by atoms with Gasteiger partial charge in [0.1, 0.15) is 0 Å². The molecule has 2 aromatic heterocycles. The lowest BCUT2D eigenvalue weighted by Gasteiger charge is -2.04. The van der Waals surface area contributed by atoms with Gasteiger partial charge in [-0.25, -0.2) is 4.98 Å². The van der Waals surface area contributed by atoms with Crippen molar-refractivity contribution in [3.8, 4) is 11.3 Å². The summed E-state index contributed by atoms with van der Waals surface area (Å²) in [6, 6.07) is 3.55. The molecular weight excluding hydrogens is 285 g/mol. The summed E-state index contributed by atoms with van der Waals surface area (Å²) in [5.41, 5.74) is 3.81. The Balaban J connectivity index is 2.16. The van der Waals surface area contributed by atoms with Crippen molar-refractivity contribution in [3.63, 3.8) is 0 Å². The first-order valence-electron chi connectivity index (χ1n) is 5.71. The third-order valence-electron chi connectivity index (χ3n) is 3.44. The zero-order valence-electron chi connectivity index (χ0n) is 9.58. The molecule has 0 saturated carbocycles. The first-order valence-corrected chi connectivity index (χ1v) is 6.47. The summed E-state index contributed by atoms with van der Waals surface area (Å²) in [5, 5.41) is 1.18. The van der Waals surface area contributed by atoms with Gasteiger partial charge in [0.25, 0.3) is 5.56 Å². The smallest absolute Gasteiger partial charge is 0.292 e. The van der Waals surface area contributed by atoms with Crippen molar-refractivity contribution in [3.05, 3.63) is 56.2 Å². The van der Waals surface area contributed by atoms with Crippen LogP contribution >= 0.6 is 23.2 Å². The number of rotatable bonds is 0. The number of nitrogens with one attached hydrogen (secondary N) is 1. The molecule has 4 rings (SSSR count). The molecule has 2 heterocycles. The van der Waals surface area contributed by atoms with Crippen LogP contribution in [0.15, 0.2) is 29.3 Å². The second-order valence-electron chi connectivity index (χ2n) is 4.49. The summed E-state index contributed by atoms with van der Waals surface area (Å²) >= 11 is 12.3. The number of hydrogen-bond acceptors (Lipinski definition) is 2. The maximum absolute atomic E-state index is 12.0. The Hall–Kier alpha value is -1.78. The molecule has 19 heavy (non-hydrogen) atoms. The first kappa shape index (κ1) is 11.1. The van der Waals surface area contributed by atoms with Gasteiger partial charge in [0.05, 0.1) is 11.4 Å². The number of aromatic amines is 1. The minimum atomic E-state index is -0.215. The predicted octanol–water partition coefficient (Wildman–Crippen LogP) is 2.90. The number of nitrogens with zero attached hydrogens (tertiary/aromatic N) is 2. The van der Waals surface area contributed by atoms with Crippen LogP contribution in [0.2, 0.25) is 10.0 Å². The number of imidazole rings is 1. The minimum absolute atomic E-state index is 0.215. The Labute approximate surface area is 117 Å². The molecule has 3 aromatic rings. The van der Waals surface area contributed by atoms with E-state index >= 15 is 0 Å². The quantitative estimate of drug-likeness (QED) is 0.542. The number of fused-ring (bicyclic) bond motifs is 5. The molecule has 6 heteroatoms. The number of aromatic nitrogens is 3. The average molecular weight is 292 g/mol. The fraction of sp³-hybridized carbons (Fsp3) is 0.0769. The normalized spacial score (nSPS) is 12.7. The van der Waals surface area contributed by atoms with E-state index in [1.54, 1.807) is 22.9 Å². The lowest BCUT2D eigenvalue weighted by atomic mass is 10.1. The highest BCUT2D eigenvalue weighted by molar-refractivity contribution is 6.35. The van der Waals surface area contributed by atoms with Crippen LogP contribution in [0.3, 0.4) is 0 Å². The molecule has 0 unspecified atom stereocenters. The van der Waals surface area contributed by atoms with Gasteiger partial charge in [0.15, 0.2) is 0 Å². The Morgan fingerprint density at radius 3 is 3.00 bits per heavy atom. The number of benzene rings is 1. The maximum atomic E-state index is 12.0. The average Bonchev–Trinajstić information content (AvgIpc) is 2.94. The molecule has 1 N–H and O–H groups in total. The molecular formula is C13H7Cl2N3O. The minimum Gasteiger partial charge on any atom is -0.317 e. The molecule has 94 valence electrons. The standard InChI is InChI=1S/C13H7Cl2N3O/c14-6-3-8-7(9(15)4-6)5-10-11(8)17-13(19)12-16-1-2-18(10)12/h1-4H,5H2,(H,17,19). The largest absolute Gasteiger partial charge is 0.317 e. The number of halogens is 2. The summed E-state index contributed by atoms with van der Waals surface area (Å²) in [4.78, 5) is 18.9. The summed E-state index contributed by atoms with van der Waals surface area (Å²) < 4.78 is 1.80. The van der Waals surface area contributed by atoms with Crippen LogP contribution in [0.25, 0.3) is 16.9 Å². The van der Waals surface area contributed by atoms with Gasteiger partial charge in [-0.15, -0.1) is 0 Å². The lowest BCUT2D eigenvalue weighted by molar-refractivity contribution is 1.00. The molecule has 0 radical (unpaired) electrons. The summed E-state index contributed by atoms with van der Waals surface area (Å²) in [6.07, 6.45) is 4.05. The van der Waals surface area contributed by atoms with Crippen LogP contribution in [0, 0.1) is 0 Å². The Kier molecular flexibility index (Phi) is 2.11. The fourth-order valence-corrected chi connectivity index (χ4v) is 3.18. The van der Waals surface area contributed by atoms with E-state index in [1.165, 1.54) is 0 Å². The fourth-order valence-electron chi connectivity index (χ4n) is 2.62. The van der Waals surface area contributed by atoms with Gasteiger partial charge in [-0.3, -0.25) is 9.20 Å². The van der Waals surface area contributed by atoms with E-state index in [-0.39, 0.29) is 5.56 Å². The predicted molar refractivity (Wildman–Crippen MR) is 74.1 cm³/mol. The highest BCUT2D eigenvalue weighted by atomic mass is 35.5. The summed E-state index contributed by atoms with van der Waals surface area (Å²) in [7, 11) is 0. The molecule has 0 amide bonds. The lowest BCUT2D eigenvalue weighted by Crippen LogP contribution is -2.13. The van der Waals surface area contributed by atoms with Crippen molar-refractivity contribution >= 4 is 28.8 Å². The summed E-state index contributed by atoms with van der Waals surface area (Å²) in [5.74, 6) is 0. The van der Waals surface area contributed by atoms with Crippen LogP contribution in [0.4, 0.5) is 0 Å². The van der Waals surface area contributed by atoms with E-state index in [4.69, 9.17) is 23.2 Å². The van der Waals surface area contributed by atoms with Gasteiger partial charge in [-0.2, -0.15) is 0 Å². The van der Waals surface area contributed by atoms with Crippen LogP contribution in [-0.4, -0.2) is 14.4 Å². The Morgan fingerprint density at radius 2 is 2.16 bits per heavy atom. The number of H-pyrrole nitrogens is 1. The molecule has 1 aromatic carbocycles. The third kappa shape index (κ3) is 1.41. The molecule has 0 aliphatic heterocycles. The van der Waals surface area contributed by atoms with Gasteiger partial charge in [-0.05, 0) is 17.7 Å². The first-order chi connectivity index (χ1) is 9.15. The van der Waals surface area contributed by atoms with Gasteiger partial charge in [-0.1, -0.05) is 23.2 Å².